The zero-order chi connectivity index (χ0) is 13.9. The van der Waals surface area contributed by atoms with Crippen LogP contribution in [0.5, 0.6) is 0 Å². The van der Waals surface area contributed by atoms with Crippen molar-refractivity contribution >= 4 is 16.0 Å². The molecule has 1 saturated carbocycles. The smallest absolute Gasteiger partial charge is 0.211 e. The Morgan fingerprint density at radius 1 is 1.32 bits per heavy atom. The highest BCUT2D eigenvalue weighted by Crippen LogP contribution is 2.17. The summed E-state index contributed by atoms with van der Waals surface area (Å²) in [6.45, 7) is 4.14. The topological polar surface area (TPSA) is 91.0 Å². The van der Waals surface area contributed by atoms with Crippen molar-refractivity contribution in [2.24, 2.45) is 10.7 Å². The monoisotopic (exact) mass is 289 g/mol. The summed E-state index contributed by atoms with van der Waals surface area (Å²) in [6, 6.07) is 0.530. The van der Waals surface area contributed by atoms with Crippen molar-refractivity contribution in [2.75, 3.05) is 45.5 Å². The van der Waals surface area contributed by atoms with Gasteiger partial charge in [-0.05, 0) is 12.8 Å². The van der Waals surface area contributed by atoms with Crippen molar-refractivity contribution in [3.63, 3.8) is 0 Å². The minimum absolute atomic E-state index is 0.525. The second-order valence-electron chi connectivity index (χ2n) is 5.19. The van der Waals surface area contributed by atoms with Gasteiger partial charge in [0, 0.05) is 38.8 Å². The van der Waals surface area contributed by atoms with Gasteiger partial charge in [0.15, 0.2) is 5.96 Å². The Kier molecular flexibility index (Phi) is 4.64. The molecule has 2 fully saturated rings. The number of nitrogens with zero attached hydrogens (tertiary/aromatic N) is 3. The fourth-order valence-corrected chi connectivity index (χ4v) is 2.91. The van der Waals surface area contributed by atoms with Crippen LogP contribution >= 0.6 is 0 Å². The van der Waals surface area contributed by atoms with Crippen LogP contribution in [0.2, 0.25) is 0 Å². The first-order chi connectivity index (χ1) is 8.95. The van der Waals surface area contributed by atoms with Gasteiger partial charge in [-0.2, -0.15) is 4.31 Å². The van der Waals surface area contributed by atoms with Gasteiger partial charge >= 0.3 is 0 Å². The first-order valence-corrected chi connectivity index (χ1v) is 8.54. The van der Waals surface area contributed by atoms with Crippen molar-refractivity contribution in [1.29, 1.82) is 0 Å². The highest BCUT2D eigenvalue weighted by atomic mass is 32.2. The molecule has 7 nitrogen and oxygen atoms in total. The molecule has 2 rings (SSSR count). The highest BCUT2D eigenvalue weighted by Gasteiger charge is 2.23. The van der Waals surface area contributed by atoms with Crippen LogP contribution in [0.4, 0.5) is 0 Å². The molecule has 110 valence electrons. The lowest BCUT2D eigenvalue weighted by Crippen LogP contribution is -2.48. The third-order valence-electron chi connectivity index (χ3n) is 3.43. The maximum Gasteiger partial charge on any atom is 0.211 e. The molecule has 0 aromatic rings. The summed E-state index contributed by atoms with van der Waals surface area (Å²) >= 11 is 0. The molecule has 19 heavy (non-hydrogen) atoms. The van der Waals surface area contributed by atoms with Gasteiger partial charge in [-0.15, -0.1) is 0 Å². The zero-order valence-corrected chi connectivity index (χ0v) is 12.2. The first-order valence-electron chi connectivity index (χ1n) is 6.69. The second-order valence-corrected chi connectivity index (χ2v) is 7.17. The molecule has 0 unspecified atom stereocenters. The van der Waals surface area contributed by atoms with E-state index in [1.807, 2.05) is 0 Å². The summed E-state index contributed by atoms with van der Waals surface area (Å²) in [4.78, 5) is 6.49. The molecule has 0 amide bonds. The Bertz CT molecular complexity index is 424. The number of sulfonamides is 1. The Morgan fingerprint density at radius 2 is 1.95 bits per heavy atom. The molecular formula is C11H23N5O2S. The maximum absolute atomic E-state index is 11.4. The molecule has 0 radical (unpaired) electrons. The van der Waals surface area contributed by atoms with Crippen LogP contribution < -0.4 is 11.1 Å². The van der Waals surface area contributed by atoms with E-state index in [1.54, 1.807) is 0 Å². The van der Waals surface area contributed by atoms with Crippen LogP contribution in [0.1, 0.15) is 12.8 Å². The number of aliphatic imine (C=N–C) groups is 1. The molecule has 3 N–H and O–H groups in total. The van der Waals surface area contributed by atoms with Gasteiger partial charge in [-0.1, -0.05) is 0 Å². The molecule has 0 aromatic carbocycles. The Hall–Kier alpha value is -0.860. The third-order valence-corrected chi connectivity index (χ3v) is 4.73. The minimum Gasteiger partial charge on any atom is -0.370 e. The van der Waals surface area contributed by atoms with Crippen molar-refractivity contribution in [2.45, 2.75) is 18.9 Å². The average molecular weight is 289 g/mol. The summed E-state index contributed by atoms with van der Waals surface area (Å²) < 4.78 is 24.3. The van der Waals surface area contributed by atoms with Crippen molar-refractivity contribution in [1.82, 2.24) is 14.5 Å². The normalized spacial score (nSPS) is 23.5. The number of hydrogen-bond acceptors (Lipinski definition) is 4. The molecule has 8 heteroatoms. The van der Waals surface area contributed by atoms with Crippen LogP contribution in [0.3, 0.4) is 0 Å². The lowest BCUT2D eigenvalue weighted by molar-refractivity contribution is 0.193. The quantitative estimate of drug-likeness (QED) is 0.481. The number of guanidine groups is 1. The number of hydrogen-bond donors (Lipinski definition) is 2. The number of nitrogens with one attached hydrogen (secondary N) is 1. The first kappa shape index (κ1) is 14.5. The van der Waals surface area contributed by atoms with Gasteiger partial charge in [-0.3, -0.25) is 9.89 Å². The number of piperazine rings is 1. The summed E-state index contributed by atoms with van der Waals surface area (Å²) in [5, 5.41) is 3.14. The fourth-order valence-electron chi connectivity index (χ4n) is 2.08. The molecule has 1 aliphatic heterocycles. The van der Waals surface area contributed by atoms with E-state index < -0.39 is 10.0 Å². The SMILES string of the molecule is CS(=O)(=O)N1CCN(CCN=C(N)NC2CC2)CC1. The number of nitrogens with two attached hydrogens (primary N) is 1. The lowest BCUT2D eigenvalue weighted by atomic mass is 10.3. The van der Waals surface area contributed by atoms with E-state index in [2.05, 4.69) is 15.2 Å². The van der Waals surface area contributed by atoms with E-state index in [-0.39, 0.29) is 0 Å². The van der Waals surface area contributed by atoms with Gasteiger partial charge in [0.05, 0.1) is 12.8 Å². The molecule has 1 saturated heterocycles. The Balaban J connectivity index is 1.65. The summed E-state index contributed by atoms with van der Waals surface area (Å²) in [6.07, 6.45) is 3.63. The molecule has 0 aromatic heterocycles. The standard InChI is InChI=1S/C11H23N5O2S/c1-19(17,18)16-8-6-15(7-9-16)5-4-13-11(12)14-10-2-3-10/h10H,2-9H2,1H3,(H3,12,13,14). The Labute approximate surface area is 114 Å². The van der Waals surface area contributed by atoms with Crippen LogP contribution in [-0.4, -0.2) is 75.1 Å². The third kappa shape index (κ3) is 4.96. The predicted molar refractivity (Wildman–Crippen MR) is 75.5 cm³/mol. The lowest BCUT2D eigenvalue weighted by Gasteiger charge is -2.32. The molecule has 2 aliphatic rings. The van der Waals surface area contributed by atoms with Crippen molar-refractivity contribution < 1.29 is 8.42 Å². The molecule has 0 bridgehead atoms. The number of rotatable bonds is 5. The summed E-state index contributed by atoms with van der Waals surface area (Å²) in [5.41, 5.74) is 5.74. The van der Waals surface area contributed by atoms with E-state index in [1.165, 1.54) is 23.4 Å². The van der Waals surface area contributed by atoms with Gasteiger partial charge in [0.2, 0.25) is 10.0 Å². The predicted octanol–water partition coefficient (Wildman–Crippen LogP) is -1.37. The van der Waals surface area contributed by atoms with Gasteiger partial charge in [-0.25, -0.2) is 8.42 Å². The van der Waals surface area contributed by atoms with Crippen LogP contribution in [0.25, 0.3) is 0 Å². The molecule has 1 aliphatic carbocycles. The second kappa shape index (κ2) is 6.06. The van der Waals surface area contributed by atoms with Crippen molar-refractivity contribution in [3.8, 4) is 0 Å². The summed E-state index contributed by atoms with van der Waals surface area (Å²) in [5.74, 6) is 0.525. The van der Waals surface area contributed by atoms with Crippen LogP contribution in [0, 0.1) is 0 Å². The molecule has 1 heterocycles. The zero-order valence-electron chi connectivity index (χ0n) is 11.4. The Morgan fingerprint density at radius 3 is 2.47 bits per heavy atom. The van der Waals surface area contributed by atoms with E-state index in [9.17, 15) is 8.42 Å². The van der Waals surface area contributed by atoms with Gasteiger partial charge in [0.1, 0.15) is 0 Å². The van der Waals surface area contributed by atoms with Gasteiger partial charge in [0.25, 0.3) is 0 Å². The molecule has 0 atom stereocenters. The van der Waals surface area contributed by atoms with E-state index in [0.717, 1.165) is 19.6 Å². The van der Waals surface area contributed by atoms with Crippen LogP contribution in [-0.2, 0) is 10.0 Å². The fraction of sp³-hybridized carbons (Fsp3) is 0.909. The average Bonchev–Trinajstić information content (AvgIpc) is 3.12. The van der Waals surface area contributed by atoms with E-state index in [0.29, 0.717) is 31.6 Å². The van der Waals surface area contributed by atoms with Crippen LogP contribution in [0.15, 0.2) is 4.99 Å². The largest absolute Gasteiger partial charge is 0.370 e. The molecular weight excluding hydrogens is 266 g/mol. The van der Waals surface area contributed by atoms with E-state index >= 15 is 0 Å². The summed E-state index contributed by atoms with van der Waals surface area (Å²) in [7, 11) is -3.04. The molecule has 0 spiro atoms. The van der Waals surface area contributed by atoms with Gasteiger partial charge < -0.3 is 11.1 Å². The maximum atomic E-state index is 11.4. The van der Waals surface area contributed by atoms with E-state index in [4.69, 9.17) is 5.73 Å². The minimum atomic E-state index is -3.04. The van der Waals surface area contributed by atoms with Crippen molar-refractivity contribution in [3.05, 3.63) is 0 Å². The highest BCUT2D eigenvalue weighted by molar-refractivity contribution is 7.88.